The van der Waals surface area contributed by atoms with Crippen molar-refractivity contribution in [3.05, 3.63) is 28.8 Å². The van der Waals surface area contributed by atoms with Gasteiger partial charge in [-0.1, -0.05) is 38.3 Å². The van der Waals surface area contributed by atoms with Gasteiger partial charge in [0, 0.05) is 11.3 Å². The molecule has 1 aromatic carbocycles. The van der Waals surface area contributed by atoms with E-state index in [1.54, 1.807) is 7.11 Å². The molecule has 120 valence electrons. The molecule has 1 aromatic rings. The summed E-state index contributed by atoms with van der Waals surface area (Å²) < 4.78 is 5.53. The Labute approximate surface area is 133 Å². The van der Waals surface area contributed by atoms with Gasteiger partial charge in [0.2, 0.25) is 0 Å². The van der Waals surface area contributed by atoms with Crippen molar-refractivity contribution in [2.24, 2.45) is 11.1 Å². The number of ether oxygens (including phenoxy) is 1. The van der Waals surface area contributed by atoms with Crippen LogP contribution < -0.4 is 4.74 Å². The van der Waals surface area contributed by atoms with E-state index >= 15 is 0 Å². The first-order valence-corrected chi connectivity index (χ1v) is 8.56. The molecule has 0 radical (unpaired) electrons. The molecule has 0 aliphatic heterocycles. The van der Waals surface area contributed by atoms with Crippen molar-refractivity contribution in [1.29, 1.82) is 0 Å². The van der Waals surface area contributed by atoms with Gasteiger partial charge in [0.05, 0.1) is 12.8 Å². The zero-order valence-electron chi connectivity index (χ0n) is 14.0. The lowest BCUT2D eigenvalue weighted by atomic mass is 9.60. The van der Waals surface area contributed by atoms with Gasteiger partial charge in [-0.3, -0.25) is 0 Å². The van der Waals surface area contributed by atoms with Gasteiger partial charge in [-0.15, -0.1) is 0 Å². The number of benzene rings is 1. The molecule has 2 atom stereocenters. The SMILES string of the molecule is CCc1cc(OC)cc2c1CC1CCCCCC2(C)/C1=N/O. The fraction of sp³-hybridized carbons (Fsp3) is 0.632. The normalized spacial score (nSPS) is 29.6. The van der Waals surface area contributed by atoms with Gasteiger partial charge in [-0.2, -0.15) is 0 Å². The first-order valence-electron chi connectivity index (χ1n) is 8.56. The molecule has 0 saturated heterocycles. The number of methoxy groups -OCH3 is 1. The standard InChI is InChI=1S/C19H27NO2/c1-4-13-10-15(22-3)12-17-16(13)11-14-8-6-5-7-9-19(17,2)18(14)20-21/h10,12,14,21H,4-9,11H2,1-3H3/b20-18+. The highest BCUT2D eigenvalue weighted by molar-refractivity contribution is 5.98. The molecular weight excluding hydrogens is 274 g/mol. The molecule has 0 spiro atoms. The van der Waals surface area contributed by atoms with Gasteiger partial charge >= 0.3 is 0 Å². The molecule has 2 aliphatic carbocycles. The number of rotatable bonds is 2. The molecule has 0 heterocycles. The molecule has 2 bridgehead atoms. The molecule has 1 saturated carbocycles. The molecule has 3 heteroatoms. The van der Waals surface area contributed by atoms with Crippen molar-refractivity contribution in [2.45, 2.75) is 64.2 Å². The van der Waals surface area contributed by atoms with Crippen LogP contribution in [-0.2, 0) is 18.3 Å². The number of oxime groups is 1. The number of hydrogen-bond acceptors (Lipinski definition) is 3. The third-order valence-corrected chi connectivity index (χ3v) is 5.77. The summed E-state index contributed by atoms with van der Waals surface area (Å²) in [5, 5.41) is 13.5. The fourth-order valence-corrected chi connectivity index (χ4v) is 4.54. The van der Waals surface area contributed by atoms with Gasteiger partial charge in [0.25, 0.3) is 0 Å². The number of nitrogens with zero attached hydrogens (tertiary/aromatic N) is 1. The topological polar surface area (TPSA) is 41.8 Å². The van der Waals surface area contributed by atoms with E-state index in [1.165, 1.54) is 36.0 Å². The van der Waals surface area contributed by atoms with Crippen LogP contribution in [0.25, 0.3) is 0 Å². The Morgan fingerprint density at radius 1 is 1.32 bits per heavy atom. The summed E-state index contributed by atoms with van der Waals surface area (Å²) >= 11 is 0. The van der Waals surface area contributed by atoms with Crippen LogP contribution in [0, 0.1) is 5.92 Å². The average Bonchev–Trinajstić information content (AvgIpc) is 2.53. The third kappa shape index (κ3) is 2.31. The largest absolute Gasteiger partial charge is 0.497 e. The first kappa shape index (κ1) is 15.4. The number of fused-ring (bicyclic) bond motifs is 4. The highest BCUT2D eigenvalue weighted by atomic mass is 16.5. The predicted molar refractivity (Wildman–Crippen MR) is 89.2 cm³/mol. The van der Waals surface area contributed by atoms with E-state index in [0.29, 0.717) is 5.92 Å². The summed E-state index contributed by atoms with van der Waals surface area (Å²) in [6.45, 7) is 4.47. The van der Waals surface area contributed by atoms with Crippen LogP contribution in [0.3, 0.4) is 0 Å². The Kier molecular flexibility index (Phi) is 4.16. The monoisotopic (exact) mass is 301 g/mol. The predicted octanol–water partition coefficient (Wildman–Crippen LogP) is 4.48. The fourth-order valence-electron chi connectivity index (χ4n) is 4.54. The second-order valence-corrected chi connectivity index (χ2v) is 6.98. The zero-order valence-corrected chi connectivity index (χ0v) is 14.0. The lowest BCUT2D eigenvalue weighted by Gasteiger charge is -2.43. The molecular formula is C19H27NO2. The molecule has 2 aliphatic rings. The Hall–Kier alpha value is -1.51. The van der Waals surface area contributed by atoms with E-state index < -0.39 is 0 Å². The van der Waals surface area contributed by atoms with Gasteiger partial charge in [-0.25, -0.2) is 0 Å². The van der Waals surface area contributed by atoms with E-state index in [1.807, 2.05) is 0 Å². The van der Waals surface area contributed by atoms with Crippen LogP contribution in [0.15, 0.2) is 17.3 Å². The van der Waals surface area contributed by atoms with Crippen molar-refractivity contribution >= 4 is 5.71 Å². The molecule has 22 heavy (non-hydrogen) atoms. The minimum atomic E-state index is -0.147. The van der Waals surface area contributed by atoms with Gasteiger partial charge in [0.15, 0.2) is 0 Å². The second kappa shape index (κ2) is 5.94. The van der Waals surface area contributed by atoms with Crippen LogP contribution in [0.1, 0.15) is 62.6 Å². The van der Waals surface area contributed by atoms with Gasteiger partial charge in [0.1, 0.15) is 5.75 Å². The Morgan fingerprint density at radius 3 is 2.82 bits per heavy atom. The van der Waals surface area contributed by atoms with Gasteiger partial charge in [-0.05, 0) is 54.5 Å². The summed E-state index contributed by atoms with van der Waals surface area (Å²) in [6.07, 6.45) is 7.96. The summed E-state index contributed by atoms with van der Waals surface area (Å²) in [4.78, 5) is 0. The smallest absolute Gasteiger partial charge is 0.119 e. The summed E-state index contributed by atoms with van der Waals surface area (Å²) in [6, 6.07) is 4.36. The lowest BCUT2D eigenvalue weighted by molar-refractivity contribution is 0.296. The zero-order chi connectivity index (χ0) is 15.7. The molecule has 3 rings (SSSR count). The minimum absolute atomic E-state index is 0.147. The molecule has 0 amide bonds. The molecule has 1 fully saturated rings. The van der Waals surface area contributed by atoms with Crippen LogP contribution in [0.2, 0.25) is 0 Å². The van der Waals surface area contributed by atoms with Crippen molar-refractivity contribution in [2.75, 3.05) is 7.11 Å². The lowest BCUT2D eigenvalue weighted by Crippen LogP contribution is -2.44. The summed E-state index contributed by atoms with van der Waals surface area (Å²) in [5.74, 6) is 1.32. The van der Waals surface area contributed by atoms with E-state index in [9.17, 15) is 5.21 Å². The highest BCUT2D eigenvalue weighted by Crippen LogP contribution is 2.46. The maximum atomic E-state index is 9.71. The third-order valence-electron chi connectivity index (χ3n) is 5.77. The molecule has 1 N–H and O–H groups in total. The summed E-state index contributed by atoms with van der Waals surface area (Å²) in [7, 11) is 1.73. The van der Waals surface area contributed by atoms with Crippen LogP contribution in [0.4, 0.5) is 0 Å². The first-order chi connectivity index (χ1) is 10.6. The molecule has 2 unspecified atom stereocenters. The van der Waals surface area contributed by atoms with E-state index in [2.05, 4.69) is 31.1 Å². The molecule has 0 aromatic heterocycles. The van der Waals surface area contributed by atoms with Crippen LogP contribution in [0.5, 0.6) is 5.75 Å². The van der Waals surface area contributed by atoms with Crippen molar-refractivity contribution in [3.63, 3.8) is 0 Å². The van der Waals surface area contributed by atoms with E-state index in [-0.39, 0.29) is 5.41 Å². The highest BCUT2D eigenvalue weighted by Gasteiger charge is 2.44. The Bertz CT molecular complexity index is 593. The second-order valence-electron chi connectivity index (χ2n) is 6.98. The van der Waals surface area contributed by atoms with Gasteiger partial charge < -0.3 is 9.94 Å². The Balaban J connectivity index is 2.23. The maximum absolute atomic E-state index is 9.71. The maximum Gasteiger partial charge on any atom is 0.119 e. The minimum Gasteiger partial charge on any atom is -0.497 e. The van der Waals surface area contributed by atoms with Crippen molar-refractivity contribution in [3.8, 4) is 5.75 Å². The van der Waals surface area contributed by atoms with E-state index in [0.717, 1.165) is 37.1 Å². The van der Waals surface area contributed by atoms with Crippen molar-refractivity contribution in [1.82, 2.24) is 0 Å². The van der Waals surface area contributed by atoms with Crippen LogP contribution in [-0.4, -0.2) is 18.0 Å². The van der Waals surface area contributed by atoms with Crippen molar-refractivity contribution < 1.29 is 9.94 Å². The van der Waals surface area contributed by atoms with Crippen LogP contribution >= 0.6 is 0 Å². The molecule has 3 nitrogen and oxygen atoms in total. The summed E-state index contributed by atoms with van der Waals surface area (Å²) in [5.41, 5.74) is 5.05. The van der Waals surface area contributed by atoms with E-state index in [4.69, 9.17) is 4.74 Å². The quantitative estimate of drug-likeness (QED) is 0.646. The number of aryl methyl sites for hydroxylation is 1. The average molecular weight is 301 g/mol. The Morgan fingerprint density at radius 2 is 2.14 bits per heavy atom. The number of hydrogen-bond donors (Lipinski definition) is 1.